The molecule has 4 heteroatoms. The van der Waals surface area contributed by atoms with Crippen molar-refractivity contribution in [3.05, 3.63) is 53.1 Å². The molecule has 0 heterocycles. The molecule has 0 aromatic heterocycles. The lowest BCUT2D eigenvalue weighted by molar-refractivity contribution is 0.266. The number of nitrogen functional groups attached to an aromatic ring is 1. The number of hydrogen-bond acceptors (Lipinski definition) is 3. The van der Waals surface area contributed by atoms with E-state index in [1.807, 2.05) is 49.4 Å². The standard InChI is InChI=1S/C17H20ClNO2/c1-13-8-9-14(12-16(13)19)20-10-4-5-11-21-17-7-3-2-6-15(17)18/h2-3,6-9,12H,4-5,10-11,19H2,1H3. The molecule has 0 saturated carbocycles. The van der Waals surface area contributed by atoms with E-state index in [4.69, 9.17) is 26.8 Å². The van der Waals surface area contributed by atoms with Gasteiger partial charge in [0.2, 0.25) is 0 Å². The van der Waals surface area contributed by atoms with Crippen LogP contribution in [0.3, 0.4) is 0 Å². The lowest BCUT2D eigenvalue weighted by Crippen LogP contribution is -2.03. The third-order valence-electron chi connectivity index (χ3n) is 3.15. The van der Waals surface area contributed by atoms with Gasteiger partial charge in [-0.25, -0.2) is 0 Å². The van der Waals surface area contributed by atoms with Crippen LogP contribution in [0.25, 0.3) is 0 Å². The fourth-order valence-corrected chi connectivity index (χ4v) is 2.04. The average Bonchev–Trinajstić information content (AvgIpc) is 2.48. The van der Waals surface area contributed by atoms with Crippen LogP contribution in [-0.4, -0.2) is 13.2 Å². The number of nitrogens with two attached hydrogens (primary N) is 1. The SMILES string of the molecule is Cc1ccc(OCCCCOc2ccccc2Cl)cc1N. The first-order valence-electron chi connectivity index (χ1n) is 7.03. The Hall–Kier alpha value is -1.87. The summed E-state index contributed by atoms with van der Waals surface area (Å²) >= 11 is 6.01. The second-order valence-corrected chi connectivity index (χ2v) is 5.26. The maximum Gasteiger partial charge on any atom is 0.137 e. The molecule has 0 amide bonds. The molecule has 0 aliphatic heterocycles. The minimum absolute atomic E-state index is 0.628. The van der Waals surface area contributed by atoms with Crippen LogP contribution >= 0.6 is 11.6 Å². The topological polar surface area (TPSA) is 44.5 Å². The van der Waals surface area contributed by atoms with Gasteiger partial charge in [-0.1, -0.05) is 29.8 Å². The van der Waals surface area contributed by atoms with Gasteiger partial charge in [0, 0.05) is 11.8 Å². The van der Waals surface area contributed by atoms with Crippen LogP contribution in [0.2, 0.25) is 5.02 Å². The summed E-state index contributed by atoms with van der Waals surface area (Å²) < 4.78 is 11.3. The third kappa shape index (κ3) is 4.87. The van der Waals surface area contributed by atoms with Gasteiger partial charge in [0.25, 0.3) is 0 Å². The van der Waals surface area contributed by atoms with Gasteiger partial charge >= 0.3 is 0 Å². The smallest absolute Gasteiger partial charge is 0.137 e. The summed E-state index contributed by atoms with van der Waals surface area (Å²) in [5, 5.41) is 0.642. The monoisotopic (exact) mass is 305 g/mol. The van der Waals surface area contributed by atoms with Crippen LogP contribution in [0.15, 0.2) is 42.5 Å². The number of unbranched alkanes of at least 4 members (excludes halogenated alkanes) is 1. The normalized spacial score (nSPS) is 10.4. The molecule has 0 aliphatic rings. The van der Waals surface area contributed by atoms with E-state index in [1.54, 1.807) is 0 Å². The van der Waals surface area contributed by atoms with Crippen molar-refractivity contribution in [3.8, 4) is 11.5 Å². The van der Waals surface area contributed by atoms with Crippen LogP contribution in [0.5, 0.6) is 11.5 Å². The Morgan fingerprint density at radius 2 is 1.71 bits per heavy atom. The molecule has 0 atom stereocenters. The van der Waals surface area contributed by atoms with Gasteiger partial charge in [-0.05, 0) is 43.5 Å². The van der Waals surface area contributed by atoms with Crippen molar-refractivity contribution in [2.24, 2.45) is 0 Å². The molecule has 0 aliphatic carbocycles. The molecule has 2 aromatic rings. The summed E-state index contributed by atoms with van der Waals surface area (Å²) in [5.74, 6) is 1.54. The number of hydrogen-bond donors (Lipinski definition) is 1. The third-order valence-corrected chi connectivity index (χ3v) is 3.46. The van der Waals surface area contributed by atoms with Crippen molar-refractivity contribution in [2.75, 3.05) is 18.9 Å². The van der Waals surface area contributed by atoms with E-state index in [0.29, 0.717) is 18.2 Å². The maximum atomic E-state index is 6.01. The van der Waals surface area contributed by atoms with E-state index in [2.05, 4.69) is 0 Å². The number of anilines is 1. The lowest BCUT2D eigenvalue weighted by Gasteiger charge is -2.09. The Balaban J connectivity index is 1.64. The van der Waals surface area contributed by atoms with E-state index in [-0.39, 0.29) is 0 Å². The number of aryl methyl sites for hydroxylation is 1. The Kier molecular flexibility index (Phi) is 5.76. The minimum Gasteiger partial charge on any atom is -0.494 e. The predicted octanol–water partition coefficient (Wildman–Crippen LogP) is 4.47. The lowest BCUT2D eigenvalue weighted by atomic mass is 10.2. The second-order valence-electron chi connectivity index (χ2n) is 4.85. The van der Waals surface area contributed by atoms with E-state index in [9.17, 15) is 0 Å². The molecule has 21 heavy (non-hydrogen) atoms. The molecular formula is C17H20ClNO2. The van der Waals surface area contributed by atoms with Crippen LogP contribution in [0.4, 0.5) is 5.69 Å². The molecule has 0 radical (unpaired) electrons. The molecule has 2 N–H and O–H groups in total. The zero-order valence-corrected chi connectivity index (χ0v) is 12.9. The van der Waals surface area contributed by atoms with Gasteiger partial charge in [-0.3, -0.25) is 0 Å². The molecule has 2 rings (SSSR count). The Morgan fingerprint density at radius 3 is 2.43 bits per heavy atom. The van der Waals surface area contributed by atoms with Crippen LogP contribution in [-0.2, 0) is 0 Å². The molecule has 0 fully saturated rings. The van der Waals surface area contributed by atoms with Gasteiger partial charge in [-0.2, -0.15) is 0 Å². The molecule has 0 saturated heterocycles. The second kappa shape index (κ2) is 7.79. The average molecular weight is 306 g/mol. The van der Waals surface area contributed by atoms with E-state index >= 15 is 0 Å². The molecule has 0 bridgehead atoms. The number of para-hydroxylation sites is 1. The van der Waals surface area contributed by atoms with Gasteiger partial charge in [0.05, 0.1) is 18.2 Å². The zero-order chi connectivity index (χ0) is 15.1. The van der Waals surface area contributed by atoms with Crippen molar-refractivity contribution >= 4 is 17.3 Å². The fourth-order valence-electron chi connectivity index (χ4n) is 1.85. The number of ether oxygens (including phenoxy) is 2. The highest BCUT2D eigenvalue weighted by Gasteiger charge is 2.00. The van der Waals surface area contributed by atoms with Crippen molar-refractivity contribution < 1.29 is 9.47 Å². The van der Waals surface area contributed by atoms with Gasteiger partial charge in [0.15, 0.2) is 0 Å². The summed E-state index contributed by atoms with van der Waals surface area (Å²) in [6.45, 7) is 3.25. The summed E-state index contributed by atoms with van der Waals surface area (Å²) in [4.78, 5) is 0. The van der Waals surface area contributed by atoms with Crippen LogP contribution in [0, 0.1) is 6.92 Å². The zero-order valence-electron chi connectivity index (χ0n) is 12.1. The summed E-state index contributed by atoms with van der Waals surface area (Å²) in [6.07, 6.45) is 1.82. The first-order chi connectivity index (χ1) is 10.2. The Bertz CT molecular complexity index is 587. The summed E-state index contributed by atoms with van der Waals surface area (Å²) in [5.41, 5.74) is 7.66. The van der Waals surface area contributed by atoms with Crippen molar-refractivity contribution in [1.82, 2.24) is 0 Å². The first-order valence-corrected chi connectivity index (χ1v) is 7.41. The van der Waals surface area contributed by atoms with Gasteiger partial charge < -0.3 is 15.2 Å². The van der Waals surface area contributed by atoms with E-state index in [0.717, 1.165) is 35.6 Å². The molecule has 3 nitrogen and oxygen atoms in total. The predicted molar refractivity (Wildman–Crippen MR) is 87.3 cm³/mol. The van der Waals surface area contributed by atoms with Crippen molar-refractivity contribution in [2.45, 2.75) is 19.8 Å². The highest BCUT2D eigenvalue weighted by molar-refractivity contribution is 6.32. The molecule has 0 spiro atoms. The molecule has 2 aromatic carbocycles. The summed E-state index contributed by atoms with van der Waals surface area (Å²) in [6, 6.07) is 13.2. The Labute approximate surface area is 130 Å². The highest BCUT2D eigenvalue weighted by atomic mass is 35.5. The Morgan fingerprint density at radius 1 is 1.00 bits per heavy atom. The quantitative estimate of drug-likeness (QED) is 0.606. The number of halogens is 1. The number of benzene rings is 2. The van der Waals surface area contributed by atoms with Gasteiger partial charge in [0.1, 0.15) is 11.5 Å². The summed E-state index contributed by atoms with van der Waals surface area (Å²) in [7, 11) is 0. The molecule has 0 unspecified atom stereocenters. The first kappa shape index (κ1) is 15.5. The van der Waals surface area contributed by atoms with Crippen molar-refractivity contribution in [3.63, 3.8) is 0 Å². The minimum atomic E-state index is 0.628. The highest BCUT2D eigenvalue weighted by Crippen LogP contribution is 2.23. The van der Waals surface area contributed by atoms with E-state index in [1.165, 1.54) is 0 Å². The van der Waals surface area contributed by atoms with Crippen molar-refractivity contribution in [1.29, 1.82) is 0 Å². The van der Waals surface area contributed by atoms with Crippen LogP contribution in [0.1, 0.15) is 18.4 Å². The molecule has 112 valence electrons. The van der Waals surface area contributed by atoms with E-state index < -0.39 is 0 Å². The fraction of sp³-hybridized carbons (Fsp3) is 0.294. The number of rotatable bonds is 7. The maximum absolute atomic E-state index is 6.01. The van der Waals surface area contributed by atoms with Crippen LogP contribution < -0.4 is 15.2 Å². The van der Waals surface area contributed by atoms with Gasteiger partial charge in [-0.15, -0.1) is 0 Å². The largest absolute Gasteiger partial charge is 0.494 e. The molecular weight excluding hydrogens is 286 g/mol.